The summed E-state index contributed by atoms with van der Waals surface area (Å²) in [5.74, 6) is 0.226. The van der Waals surface area contributed by atoms with Gasteiger partial charge in [-0.1, -0.05) is 0 Å². The van der Waals surface area contributed by atoms with Gasteiger partial charge in [-0.25, -0.2) is 9.37 Å². The van der Waals surface area contributed by atoms with Crippen LogP contribution in [0.3, 0.4) is 0 Å². The van der Waals surface area contributed by atoms with Crippen molar-refractivity contribution in [2.24, 2.45) is 0 Å². The average Bonchev–Trinajstić information content (AvgIpc) is 3.74. The lowest BCUT2D eigenvalue weighted by Crippen LogP contribution is -2.18. The Morgan fingerprint density at radius 2 is 1.95 bits per heavy atom. The molecule has 0 amide bonds. The van der Waals surface area contributed by atoms with Gasteiger partial charge < -0.3 is 4.98 Å². The van der Waals surface area contributed by atoms with Crippen molar-refractivity contribution in [3.05, 3.63) is 71.2 Å². The Kier molecular flexibility index (Phi) is 5.79. The molecule has 1 aromatic carbocycles. The van der Waals surface area contributed by atoms with E-state index in [1.165, 1.54) is 30.2 Å². The van der Waals surface area contributed by atoms with Crippen LogP contribution in [0, 0.1) is 5.82 Å². The maximum absolute atomic E-state index is 15.3. The Hall–Kier alpha value is -4.28. The minimum Gasteiger partial charge on any atom is -0.336 e. The molecule has 0 atom stereocenters. The van der Waals surface area contributed by atoms with Crippen LogP contribution < -0.4 is 0 Å². The molecule has 1 aliphatic rings. The molecule has 0 unspecified atom stereocenters. The van der Waals surface area contributed by atoms with Gasteiger partial charge in [0.1, 0.15) is 22.7 Å². The lowest BCUT2D eigenvalue weighted by molar-refractivity contribution is 0.102. The largest absolute Gasteiger partial charge is 0.336 e. The second kappa shape index (κ2) is 9.48. The van der Waals surface area contributed by atoms with Crippen molar-refractivity contribution in [3.63, 3.8) is 0 Å². The number of carbonyl (C=O) groups excluding carboxylic acids is 1. The minimum absolute atomic E-state index is 0.0175. The summed E-state index contributed by atoms with van der Waals surface area (Å²) in [5.41, 5.74) is 5.61. The van der Waals surface area contributed by atoms with Crippen LogP contribution in [0.2, 0.25) is 0 Å². The fourth-order valence-electron chi connectivity index (χ4n) is 5.24. The zero-order valence-corrected chi connectivity index (χ0v) is 22.0. The van der Waals surface area contributed by atoms with E-state index in [9.17, 15) is 4.79 Å². The Morgan fingerprint density at radius 1 is 1.08 bits per heavy atom. The average molecular weight is 538 g/mol. The third-order valence-electron chi connectivity index (χ3n) is 7.17. The SMILES string of the molecule is CC(=O)c1ccc(-c2nccc3[nH]c(-c4n[nH]c5cc(F)c(-c6cncc(CN7CCCC7)c6)cc45)nc23)s1. The molecule has 0 spiro atoms. The second-order valence-corrected chi connectivity index (χ2v) is 11.0. The number of benzene rings is 1. The van der Waals surface area contributed by atoms with Crippen LogP contribution in [0.4, 0.5) is 4.39 Å². The van der Waals surface area contributed by atoms with Crippen molar-refractivity contribution < 1.29 is 9.18 Å². The van der Waals surface area contributed by atoms with Crippen LogP contribution in [0.1, 0.15) is 35.0 Å². The summed E-state index contributed by atoms with van der Waals surface area (Å²) in [4.78, 5) is 32.9. The van der Waals surface area contributed by atoms with Gasteiger partial charge in [-0.15, -0.1) is 11.3 Å². The molecule has 6 heterocycles. The van der Waals surface area contributed by atoms with E-state index >= 15 is 4.39 Å². The lowest BCUT2D eigenvalue weighted by atomic mass is 10.0. The summed E-state index contributed by atoms with van der Waals surface area (Å²) < 4.78 is 15.3. The molecule has 8 nitrogen and oxygen atoms in total. The minimum atomic E-state index is -0.340. The lowest BCUT2D eigenvalue weighted by Gasteiger charge is -2.15. The Balaban J connectivity index is 1.29. The maximum atomic E-state index is 15.3. The highest BCUT2D eigenvalue weighted by Gasteiger charge is 2.20. The number of Topliss-reactive ketones (excluding diaryl/α,β-unsaturated/α-hetero) is 1. The number of aromatic amines is 2. The van der Waals surface area contributed by atoms with Crippen LogP contribution in [-0.4, -0.2) is 53.9 Å². The van der Waals surface area contributed by atoms with Gasteiger partial charge in [-0.05, 0) is 68.8 Å². The molecule has 10 heteroatoms. The third-order valence-corrected chi connectivity index (χ3v) is 8.37. The van der Waals surface area contributed by atoms with Crippen LogP contribution in [-0.2, 0) is 6.54 Å². The Bertz CT molecular complexity index is 1860. The van der Waals surface area contributed by atoms with E-state index < -0.39 is 0 Å². The van der Waals surface area contributed by atoms with Gasteiger partial charge in [0, 0.05) is 47.7 Å². The van der Waals surface area contributed by atoms with Gasteiger partial charge in [0.15, 0.2) is 11.6 Å². The van der Waals surface area contributed by atoms with Crippen LogP contribution in [0.15, 0.2) is 55.0 Å². The quantitative estimate of drug-likeness (QED) is 0.244. The number of nitrogens with one attached hydrogen (secondary N) is 2. The molecule has 39 heavy (non-hydrogen) atoms. The number of thiophene rings is 1. The fraction of sp³-hybridized carbons (Fsp3) is 0.207. The molecule has 0 saturated carbocycles. The third kappa shape index (κ3) is 4.31. The van der Waals surface area contributed by atoms with E-state index in [1.54, 1.807) is 19.3 Å². The zero-order chi connectivity index (χ0) is 26.5. The number of hydrogen-bond donors (Lipinski definition) is 2. The molecule has 194 valence electrons. The highest BCUT2D eigenvalue weighted by Crippen LogP contribution is 2.35. The molecule has 0 aliphatic carbocycles. The summed E-state index contributed by atoms with van der Waals surface area (Å²) in [5, 5.41) is 8.18. The normalized spacial score (nSPS) is 14.1. The van der Waals surface area contributed by atoms with Crippen molar-refractivity contribution in [1.29, 1.82) is 0 Å². The monoisotopic (exact) mass is 537 g/mol. The van der Waals surface area contributed by atoms with E-state index in [0.29, 0.717) is 38.7 Å². The van der Waals surface area contributed by atoms with Gasteiger partial charge >= 0.3 is 0 Å². The maximum Gasteiger partial charge on any atom is 0.169 e. The van der Waals surface area contributed by atoms with Gasteiger partial charge in [0.05, 0.1) is 20.8 Å². The number of pyridine rings is 2. The molecule has 5 aromatic heterocycles. The van der Waals surface area contributed by atoms with Crippen molar-refractivity contribution in [2.75, 3.05) is 13.1 Å². The number of carbonyl (C=O) groups is 1. The predicted octanol–water partition coefficient (Wildman–Crippen LogP) is 6.23. The van der Waals surface area contributed by atoms with Crippen molar-refractivity contribution in [1.82, 2.24) is 35.0 Å². The van der Waals surface area contributed by atoms with E-state index in [0.717, 1.165) is 46.5 Å². The van der Waals surface area contributed by atoms with Gasteiger partial charge in [0.25, 0.3) is 0 Å². The number of imidazole rings is 1. The van der Waals surface area contributed by atoms with Crippen LogP contribution in [0.5, 0.6) is 0 Å². The molecular formula is C29H24FN7OS. The summed E-state index contributed by atoms with van der Waals surface area (Å²) in [6, 6.07) is 10.9. The Morgan fingerprint density at radius 3 is 2.77 bits per heavy atom. The summed E-state index contributed by atoms with van der Waals surface area (Å²) in [6.45, 7) is 4.54. The summed E-state index contributed by atoms with van der Waals surface area (Å²) >= 11 is 1.39. The molecular weight excluding hydrogens is 513 g/mol. The first kappa shape index (κ1) is 23.8. The number of H-pyrrole nitrogens is 2. The number of rotatable bonds is 6. The number of nitrogens with zero attached hydrogens (tertiary/aromatic N) is 5. The smallest absolute Gasteiger partial charge is 0.169 e. The second-order valence-electron chi connectivity index (χ2n) is 9.88. The van der Waals surface area contributed by atoms with E-state index in [2.05, 4.69) is 30.0 Å². The highest BCUT2D eigenvalue weighted by molar-refractivity contribution is 7.17. The number of ketones is 1. The first-order valence-corrected chi connectivity index (χ1v) is 13.7. The fourth-order valence-corrected chi connectivity index (χ4v) is 6.14. The number of likely N-dealkylation sites (tertiary alicyclic amines) is 1. The number of fused-ring (bicyclic) bond motifs is 2. The molecule has 1 aliphatic heterocycles. The van der Waals surface area contributed by atoms with E-state index in [1.807, 2.05) is 36.5 Å². The molecule has 7 rings (SSSR count). The van der Waals surface area contributed by atoms with Crippen molar-refractivity contribution >= 4 is 39.1 Å². The first-order chi connectivity index (χ1) is 19.0. The van der Waals surface area contributed by atoms with E-state index in [-0.39, 0.29) is 11.6 Å². The van der Waals surface area contributed by atoms with Gasteiger partial charge in [-0.3, -0.25) is 24.8 Å². The molecule has 1 saturated heterocycles. The number of hydrogen-bond acceptors (Lipinski definition) is 7. The van der Waals surface area contributed by atoms with Gasteiger partial charge in [-0.2, -0.15) is 5.10 Å². The van der Waals surface area contributed by atoms with Crippen LogP contribution >= 0.6 is 11.3 Å². The highest BCUT2D eigenvalue weighted by atomic mass is 32.1. The molecule has 6 aromatic rings. The Labute approximate surface area is 227 Å². The van der Waals surface area contributed by atoms with E-state index in [4.69, 9.17) is 4.98 Å². The van der Waals surface area contributed by atoms with Crippen molar-refractivity contribution in [2.45, 2.75) is 26.3 Å². The molecule has 1 fully saturated rings. The van der Waals surface area contributed by atoms with Crippen molar-refractivity contribution in [3.8, 4) is 33.2 Å². The van der Waals surface area contributed by atoms with Gasteiger partial charge in [0.2, 0.25) is 0 Å². The van der Waals surface area contributed by atoms with Crippen LogP contribution in [0.25, 0.3) is 55.2 Å². The summed E-state index contributed by atoms with van der Waals surface area (Å²) in [6.07, 6.45) is 7.70. The number of halogens is 1. The summed E-state index contributed by atoms with van der Waals surface area (Å²) in [7, 11) is 0. The molecule has 0 bridgehead atoms. The topological polar surface area (TPSA) is 103 Å². The standard InChI is InChI=1S/C29H24FN7OS/c1-16(38)24-4-5-25(39-24)28-27-22(6-7-32-28)33-29(34-27)26-20-11-19(21(30)12-23(20)35-36-26)18-10-17(13-31-14-18)15-37-8-2-3-9-37/h4-7,10-14H,2-3,8-9,15H2,1H3,(H,33,34)(H,35,36). The molecule has 2 N–H and O–H groups in total. The molecule has 0 radical (unpaired) electrons. The predicted molar refractivity (Wildman–Crippen MR) is 150 cm³/mol. The zero-order valence-electron chi connectivity index (χ0n) is 21.2. The number of aromatic nitrogens is 6. The first-order valence-electron chi connectivity index (χ1n) is 12.8.